The molecule has 0 bridgehead atoms. The van der Waals surface area contributed by atoms with Gasteiger partial charge in [0.25, 0.3) is 5.91 Å². The van der Waals surface area contributed by atoms with Crippen LogP contribution in [0.5, 0.6) is 0 Å². The summed E-state index contributed by atoms with van der Waals surface area (Å²) in [5.74, 6) is -0.354. The highest BCUT2D eigenvalue weighted by Crippen LogP contribution is 2.23. The maximum Gasteiger partial charge on any atom is 0.278 e. The predicted octanol–water partition coefficient (Wildman–Crippen LogP) is 4.39. The van der Waals surface area contributed by atoms with Crippen molar-refractivity contribution < 1.29 is 4.79 Å². The van der Waals surface area contributed by atoms with Crippen molar-refractivity contribution in [2.75, 3.05) is 5.32 Å². The molecule has 7 heteroatoms. The van der Waals surface area contributed by atoms with E-state index in [1.54, 1.807) is 22.9 Å². The van der Waals surface area contributed by atoms with Gasteiger partial charge < -0.3 is 5.32 Å². The molecule has 1 amide bonds. The van der Waals surface area contributed by atoms with Crippen LogP contribution in [0.3, 0.4) is 0 Å². The van der Waals surface area contributed by atoms with E-state index in [4.69, 9.17) is 23.2 Å². The largest absolute Gasteiger partial charge is 0.320 e. The van der Waals surface area contributed by atoms with Crippen LogP contribution in [-0.4, -0.2) is 20.9 Å². The Kier molecular flexibility index (Phi) is 4.83. The summed E-state index contributed by atoms with van der Waals surface area (Å²) in [7, 11) is 0. The normalized spacial score (nSPS) is 10.6. The summed E-state index contributed by atoms with van der Waals surface area (Å²) in [6.45, 7) is 1.95. The average molecular weight is 361 g/mol. The number of hydrogen-bond acceptors (Lipinski definition) is 3. The van der Waals surface area contributed by atoms with Gasteiger partial charge in [-0.2, -0.15) is 0 Å². The number of nitrogens with one attached hydrogen (secondary N) is 1. The molecule has 0 spiro atoms. The highest BCUT2D eigenvalue weighted by atomic mass is 35.5. The van der Waals surface area contributed by atoms with Gasteiger partial charge in [0.1, 0.15) is 0 Å². The van der Waals surface area contributed by atoms with Gasteiger partial charge >= 0.3 is 0 Å². The number of aromatic nitrogens is 3. The van der Waals surface area contributed by atoms with Crippen molar-refractivity contribution in [3.8, 4) is 5.69 Å². The molecule has 24 heavy (non-hydrogen) atoms. The summed E-state index contributed by atoms with van der Waals surface area (Å²) in [6, 6.07) is 14.4. The third-order valence-corrected chi connectivity index (χ3v) is 3.87. The summed E-state index contributed by atoms with van der Waals surface area (Å²) >= 11 is 11.9. The average Bonchev–Trinajstić information content (AvgIpc) is 2.98. The Morgan fingerprint density at radius 1 is 1.12 bits per heavy atom. The Balaban J connectivity index is 1.92. The van der Waals surface area contributed by atoms with Crippen LogP contribution in [0.4, 0.5) is 5.69 Å². The molecule has 3 aromatic rings. The minimum Gasteiger partial charge on any atom is -0.320 e. The van der Waals surface area contributed by atoms with Crippen molar-refractivity contribution in [3.63, 3.8) is 0 Å². The molecule has 2 aromatic carbocycles. The third-order valence-electron chi connectivity index (χ3n) is 3.43. The van der Waals surface area contributed by atoms with Gasteiger partial charge in [-0.05, 0) is 36.8 Å². The monoisotopic (exact) mass is 360 g/mol. The predicted molar refractivity (Wildman–Crippen MR) is 95.2 cm³/mol. The Morgan fingerprint density at radius 3 is 2.42 bits per heavy atom. The van der Waals surface area contributed by atoms with Gasteiger partial charge in [-0.1, -0.05) is 53.5 Å². The summed E-state index contributed by atoms with van der Waals surface area (Å²) in [5.41, 5.74) is 2.37. The lowest BCUT2D eigenvalue weighted by atomic mass is 10.2. The van der Waals surface area contributed by atoms with Crippen molar-refractivity contribution >= 4 is 34.8 Å². The molecule has 0 saturated carbocycles. The zero-order valence-electron chi connectivity index (χ0n) is 12.8. The lowest BCUT2D eigenvalue weighted by molar-refractivity contribution is 0.102. The van der Waals surface area contributed by atoms with Crippen LogP contribution >= 0.6 is 23.2 Å². The van der Waals surface area contributed by atoms with Gasteiger partial charge in [0, 0.05) is 15.7 Å². The SMILES string of the molecule is CCc1c(C(=O)Nc2cc(Cl)cc(Cl)c2)nnn1-c1ccccc1. The van der Waals surface area contributed by atoms with E-state index in [9.17, 15) is 4.79 Å². The fourth-order valence-corrected chi connectivity index (χ4v) is 2.91. The Hall–Kier alpha value is -2.37. The number of carbonyl (C=O) groups excluding carboxylic acids is 1. The van der Waals surface area contributed by atoms with Gasteiger partial charge in [0.05, 0.1) is 11.4 Å². The summed E-state index contributed by atoms with van der Waals surface area (Å²) in [5, 5.41) is 11.8. The van der Waals surface area contributed by atoms with Crippen molar-refractivity contribution in [2.45, 2.75) is 13.3 Å². The van der Waals surface area contributed by atoms with Crippen LogP contribution in [0.25, 0.3) is 5.69 Å². The van der Waals surface area contributed by atoms with Gasteiger partial charge in [0.2, 0.25) is 0 Å². The van der Waals surface area contributed by atoms with E-state index in [2.05, 4.69) is 15.6 Å². The second-order valence-electron chi connectivity index (χ2n) is 5.10. The second kappa shape index (κ2) is 7.03. The zero-order chi connectivity index (χ0) is 17.1. The van der Waals surface area contributed by atoms with Crippen LogP contribution in [-0.2, 0) is 6.42 Å². The number of rotatable bonds is 4. The molecule has 0 unspecified atom stereocenters. The number of benzene rings is 2. The van der Waals surface area contributed by atoms with Crippen molar-refractivity contribution in [3.05, 3.63) is 70.0 Å². The molecular formula is C17H14Cl2N4O. The molecule has 0 fully saturated rings. The van der Waals surface area contributed by atoms with Gasteiger partial charge in [-0.15, -0.1) is 5.10 Å². The van der Waals surface area contributed by atoms with Crippen LogP contribution in [0.1, 0.15) is 23.1 Å². The molecule has 0 aliphatic heterocycles. The van der Waals surface area contributed by atoms with Crippen LogP contribution < -0.4 is 5.32 Å². The molecule has 1 heterocycles. The number of halogens is 2. The number of carbonyl (C=O) groups is 1. The summed E-state index contributed by atoms with van der Waals surface area (Å²) < 4.78 is 1.67. The quantitative estimate of drug-likeness (QED) is 0.750. The van der Waals surface area contributed by atoms with Gasteiger partial charge in [-0.3, -0.25) is 4.79 Å². The minimum atomic E-state index is -0.354. The Labute approximate surface area is 149 Å². The topological polar surface area (TPSA) is 59.8 Å². The fraction of sp³-hybridized carbons (Fsp3) is 0.118. The minimum absolute atomic E-state index is 0.275. The first-order chi connectivity index (χ1) is 11.6. The molecule has 1 N–H and O–H groups in total. The highest BCUT2D eigenvalue weighted by molar-refractivity contribution is 6.35. The van der Waals surface area contributed by atoms with E-state index in [1.807, 2.05) is 37.3 Å². The molecule has 0 radical (unpaired) electrons. The highest BCUT2D eigenvalue weighted by Gasteiger charge is 2.19. The standard InChI is InChI=1S/C17H14Cl2N4O/c1-2-15-16(21-22-23(15)14-6-4-3-5-7-14)17(24)20-13-9-11(18)8-12(19)10-13/h3-10H,2H2,1H3,(H,20,24). The first kappa shape index (κ1) is 16.5. The van der Waals surface area contributed by atoms with Crippen molar-refractivity contribution in [2.24, 2.45) is 0 Å². The van der Waals surface area contributed by atoms with Gasteiger partial charge in [0.15, 0.2) is 5.69 Å². The number of amides is 1. The number of para-hydroxylation sites is 1. The summed E-state index contributed by atoms with van der Waals surface area (Å²) in [4.78, 5) is 12.5. The van der Waals surface area contributed by atoms with Gasteiger partial charge in [-0.25, -0.2) is 4.68 Å². The number of hydrogen-bond donors (Lipinski definition) is 1. The van der Waals surface area contributed by atoms with E-state index in [-0.39, 0.29) is 11.6 Å². The molecular weight excluding hydrogens is 347 g/mol. The molecule has 5 nitrogen and oxygen atoms in total. The van der Waals surface area contributed by atoms with E-state index in [0.29, 0.717) is 22.2 Å². The number of anilines is 1. The first-order valence-electron chi connectivity index (χ1n) is 7.36. The van der Waals surface area contributed by atoms with E-state index in [1.165, 1.54) is 0 Å². The molecule has 1 aromatic heterocycles. The lowest BCUT2D eigenvalue weighted by Crippen LogP contribution is -2.15. The number of nitrogens with zero attached hydrogens (tertiary/aromatic N) is 3. The lowest BCUT2D eigenvalue weighted by Gasteiger charge is -2.07. The smallest absolute Gasteiger partial charge is 0.278 e. The zero-order valence-corrected chi connectivity index (χ0v) is 14.3. The van der Waals surface area contributed by atoms with Crippen LogP contribution in [0.2, 0.25) is 10.0 Å². The van der Waals surface area contributed by atoms with Crippen molar-refractivity contribution in [1.82, 2.24) is 15.0 Å². The second-order valence-corrected chi connectivity index (χ2v) is 5.97. The van der Waals surface area contributed by atoms with Crippen LogP contribution in [0, 0.1) is 0 Å². The third kappa shape index (κ3) is 3.42. The molecule has 0 aliphatic carbocycles. The summed E-state index contributed by atoms with van der Waals surface area (Å²) in [6.07, 6.45) is 0.612. The first-order valence-corrected chi connectivity index (χ1v) is 8.11. The molecule has 3 rings (SSSR count). The molecule has 122 valence electrons. The van der Waals surface area contributed by atoms with E-state index in [0.717, 1.165) is 11.4 Å². The Bertz CT molecular complexity index is 857. The fourth-order valence-electron chi connectivity index (χ4n) is 2.39. The van der Waals surface area contributed by atoms with E-state index >= 15 is 0 Å². The van der Waals surface area contributed by atoms with Crippen molar-refractivity contribution in [1.29, 1.82) is 0 Å². The van der Waals surface area contributed by atoms with Crippen LogP contribution in [0.15, 0.2) is 48.5 Å². The maximum atomic E-state index is 12.5. The molecule has 0 aliphatic rings. The Morgan fingerprint density at radius 2 is 1.79 bits per heavy atom. The molecule has 0 saturated heterocycles. The van der Waals surface area contributed by atoms with E-state index < -0.39 is 0 Å². The molecule has 0 atom stereocenters. The maximum absolute atomic E-state index is 12.5.